The lowest BCUT2D eigenvalue weighted by atomic mass is 10.1. The SMILES string of the molecule is O=[N+]([O-])c1cc(C2=N[C@@H](Cc3ccccc3)CO2)cc(C2=N[C@@H](Cc3ccccc3)CO2)c1. The van der Waals surface area contributed by atoms with E-state index in [1.165, 1.54) is 23.3 Å². The summed E-state index contributed by atoms with van der Waals surface area (Å²) in [6.45, 7) is 0.887. The molecule has 0 spiro atoms. The number of nitrogens with zero attached hydrogens (tertiary/aromatic N) is 3. The normalized spacial score (nSPS) is 19.4. The molecule has 7 nitrogen and oxygen atoms in total. The summed E-state index contributed by atoms with van der Waals surface area (Å²) >= 11 is 0. The minimum atomic E-state index is -0.416. The first-order chi connectivity index (χ1) is 16.1. The number of non-ortho nitro benzene ring substituents is 1. The zero-order chi connectivity index (χ0) is 22.6. The van der Waals surface area contributed by atoms with Crippen molar-refractivity contribution in [2.45, 2.75) is 24.9 Å². The van der Waals surface area contributed by atoms with Crippen LogP contribution in [0.2, 0.25) is 0 Å². The van der Waals surface area contributed by atoms with Crippen LogP contribution in [0, 0.1) is 10.1 Å². The zero-order valence-corrected chi connectivity index (χ0v) is 18.0. The Labute approximate surface area is 191 Å². The summed E-state index contributed by atoms with van der Waals surface area (Å²) in [5, 5.41) is 11.6. The molecule has 0 radical (unpaired) electrons. The van der Waals surface area contributed by atoms with Gasteiger partial charge in [-0.05, 0) is 30.0 Å². The molecule has 5 rings (SSSR count). The highest BCUT2D eigenvalue weighted by Crippen LogP contribution is 2.24. The molecule has 3 aromatic carbocycles. The van der Waals surface area contributed by atoms with Gasteiger partial charge in [0.15, 0.2) is 0 Å². The third-order valence-corrected chi connectivity index (χ3v) is 5.68. The smallest absolute Gasteiger partial charge is 0.271 e. The maximum atomic E-state index is 11.6. The largest absolute Gasteiger partial charge is 0.475 e. The second-order valence-corrected chi connectivity index (χ2v) is 8.20. The highest BCUT2D eigenvalue weighted by atomic mass is 16.6. The molecule has 0 saturated heterocycles. The van der Waals surface area contributed by atoms with Crippen molar-refractivity contribution in [1.82, 2.24) is 0 Å². The van der Waals surface area contributed by atoms with Crippen LogP contribution >= 0.6 is 0 Å². The average molecular weight is 441 g/mol. The second-order valence-electron chi connectivity index (χ2n) is 8.20. The molecule has 2 aliphatic rings. The van der Waals surface area contributed by atoms with Crippen LogP contribution in [0.5, 0.6) is 0 Å². The second kappa shape index (κ2) is 9.24. The lowest BCUT2D eigenvalue weighted by Gasteiger charge is -2.06. The average Bonchev–Trinajstić information content (AvgIpc) is 3.50. The third-order valence-electron chi connectivity index (χ3n) is 5.68. The Morgan fingerprint density at radius 2 is 1.21 bits per heavy atom. The number of aliphatic imine (C=N–C) groups is 2. The Morgan fingerprint density at radius 1 is 0.758 bits per heavy atom. The van der Waals surface area contributed by atoms with Gasteiger partial charge in [0.05, 0.1) is 17.0 Å². The molecule has 166 valence electrons. The molecule has 2 heterocycles. The van der Waals surface area contributed by atoms with Crippen molar-refractivity contribution in [3.63, 3.8) is 0 Å². The quantitative estimate of drug-likeness (QED) is 0.402. The van der Waals surface area contributed by atoms with Gasteiger partial charge >= 0.3 is 0 Å². The van der Waals surface area contributed by atoms with E-state index in [0.717, 1.165) is 12.8 Å². The van der Waals surface area contributed by atoms with Crippen LogP contribution in [0.4, 0.5) is 5.69 Å². The molecule has 2 atom stereocenters. The minimum absolute atomic E-state index is 0.0274. The molecular weight excluding hydrogens is 418 g/mol. The van der Waals surface area contributed by atoms with Gasteiger partial charge in [0.1, 0.15) is 13.2 Å². The van der Waals surface area contributed by atoms with Crippen LogP contribution in [0.1, 0.15) is 22.3 Å². The van der Waals surface area contributed by atoms with Gasteiger partial charge in [0.2, 0.25) is 11.8 Å². The van der Waals surface area contributed by atoms with Crippen LogP contribution in [0.25, 0.3) is 0 Å². The van der Waals surface area contributed by atoms with Crippen molar-refractivity contribution in [2.24, 2.45) is 9.98 Å². The molecule has 0 unspecified atom stereocenters. The van der Waals surface area contributed by atoms with Crippen LogP contribution < -0.4 is 0 Å². The Balaban J connectivity index is 1.38. The van der Waals surface area contributed by atoms with E-state index in [1.54, 1.807) is 6.07 Å². The molecule has 2 aliphatic heterocycles. The van der Waals surface area contributed by atoms with Crippen molar-refractivity contribution >= 4 is 17.5 Å². The summed E-state index contributed by atoms with van der Waals surface area (Å²) in [5.41, 5.74) is 3.43. The minimum Gasteiger partial charge on any atom is -0.475 e. The Kier molecular flexibility index (Phi) is 5.85. The molecule has 33 heavy (non-hydrogen) atoms. The van der Waals surface area contributed by atoms with Crippen LogP contribution in [0.3, 0.4) is 0 Å². The van der Waals surface area contributed by atoms with Gasteiger partial charge < -0.3 is 9.47 Å². The zero-order valence-electron chi connectivity index (χ0n) is 18.0. The van der Waals surface area contributed by atoms with Crippen LogP contribution in [-0.2, 0) is 22.3 Å². The van der Waals surface area contributed by atoms with Gasteiger partial charge in [-0.25, -0.2) is 9.98 Å². The first-order valence-corrected chi connectivity index (χ1v) is 10.9. The Morgan fingerprint density at radius 3 is 1.64 bits per heavy atom. The maximum Gasteiger partial charge on any atom is 0.271 e. The van der Waals surface area contributed by atoms with E-state index >= 15 is 0 Å². The summed E-state index contributed by atoms with van der Waals surface area (Å²) in [7, 11) is 0. The van der Waals surface area contributed by atoms with E-state index in [2.05, 4.69) is 34.3 Å². The number of nitro benzene ring substituents is 1. The number of hydrogen-bond donors (Lipinski definition) is 0. The van der Waals surface area contributed by atoms with Gasteiger partial charge in [-0.3, -0.25) is 10.1 Å². The first kappa shape index (κ1) is 20.9. The van der Waals surface area contributed by atoms with Crippen molar-refractivity contribution < 1.29 is 14.4 Å². The number of benzene rings is 3. The molecule has 0 saturated carbocycles. The van der Waals surface area contributed by atoms with E-state index in [-0.39, 0.29) is 17.8 Å². The molecule has 3 aromatic rings. The van der Waals surface area contributed by atoms with Gasteiger partial charge in [-0.2, -0.15) is 0 Å². The molecule has 0 bridgehead atoms. The van der Waals surface area contributed by atoms with Gasteiger partial charge in [0, 0.05) is 23.3 Å². The topological polar surface area (TPSA) is 86.3 Å². The fraction of sp³-hybridized carbons (Fsp3) is 0.231. The van der Waals surface area contributed by atoms with Crippen molar-refractivity contribution in [3.05, 3.63) is 111 Å². The molecule has 0 N–H and O–H groups in total. The Hall–Kier alpha value is -4.00. The predicted molar refractivity (Wildman–Crippen MR) is 126 cm³/mol. The van der Waals surface area contributed by atoms with Crippen LogP contribution in [-0.4, -0.2) is 42.0 Å². The Bertz CT molecular complexity index is 1120. The van der Waals surface area contributed by atoms with E-state index in [9.17, 15) is 10.1 Å². The maximum absolute atomic E-state index is 11.6. The van der Waals surface area contributed by atoms with Gasteiger partial charge in [-0.15, -0.1) is 0 Å². The number of hydrogen-bond acceptors (Lipinski definition) is 6. The van der Waals surface area contributed by atoms with E-state index < -0.39 is 4.92 Å². The monoisotopic (exact) mass is 441 g/mol. The molecular formula is C26H23N3O4. The summed E-state index contributed by atoms with van der Waals surface area (Å²) < 4.78 is 11.6. The van der Waals surface area contributed by atoms with E-state index in [4.69, 9.17) is 9.47 Å². The predicted octanol–water partition coefficient (Wildman–Crippen LogP) is 4.37. The number of nitro groups is 1. The highest BCUT2D eigenvalue weighted by molar-refractivity contribution is 6.01. The van der Waals surface area contributed by atoms with Crippen LogP contribution in [0.15, 0.2) is 88.8 Å². The summed E-state index contributed by atoms with van der Waals surface area (Å²) in [5.74, 6) is 0.834. The van der Waals surface area contributed by atoms with Gasteiger partial charge in [-0.1, -0.05) is 60.7 Å². The molecule has 0 aliphatic carbocycles. The fourth-order valence-corrected chi connectivity index (χ4v) is 4.09. The molecule has 0 amide bonds. The van der Waals surface area contributed by atoms with Crippen molar-refractivity contribution in [3.8, 4) is 0 Å². The number of rotatable bonds is 7. The standard InChI is InChI=1S/C26H23N3O4/c30-29(31)24-14-20(25-27-22(16-32-25)11-18-7-3-1-4-8-18)13-21(15-24)26-28-23(17-33-26)12-19-9-5-2-6-10-19/h1-10,13-15,22-23H,11-12,16-17H2/t22-,23-/m0/s1. The lowest BCUT2D eigenvalue weighted by molar-refractivity contribution is -0.384. The molecule has 0 fully saturated rings. The fourth-order valence-electron chi connectivity index (χ4n) is 4.09. The summed E-state index contributed by atoms with van der Waals surface area (Å²) in [6, 6.07) is 24.9. The van der Waals surface area contributed by atoms with Crippen molar-refractivity contribution in [1.29, 1.82) is 0 Å². The van der Waals surface area contributed by atoms with E-state index in [0.29, 0.717) is 36.1 Å². The molecule has 7 heteroatoms. The lowest BCUT2D eigenvalue weighted by Crippen LogP contribution is -2.10. The number of ether oxygens (including phenoxy) is 2. The first-order valence-electron chi connectivity index (χ1n) is 10.9. The van der Waals surface area contributed by atoms with Crippen molar-refractivity contribution in [2.75, 3.05) is 13.2 Å². The summed E-state index contributed by atoms with van der Waals surface area (Å²) in [6.07, 6.45) is 1.51. The summed E-state index contributed by atoms with van der Waals surface area (Å²) in [4.78, 5) is 20.5. The third kappa shape index (κ3) is 4.92. The van der Waals surface area contributed by atoms with E-state index in [1.807, 2.05) is 36.4 Å². The highest BCUT2D eigenvalue weighted by Gasteiger charge is 2.26. The van der Waals surface area contributed by atoms with Gasteiger partial charge in [0.25, 0.3) is 5.69 Å². The molecule has 0 aromatic heterocycles.